The second-order valence-corrected chi connectivity index (χ2v) is 7.85. The maximum atomic E-state index is 6.04. The summed E-state index contributed by atoms with van der Waals surface area (Å²) in [6.07, 6.45) is 5.64. The Morgan fingerprint density at radius 1 is 0.964 bits per heavy atom. The smallest absolute Gasteiger partial charge is 0.171 e. The van der Waals surface area contributed by atoms with E-state index in [-0.39, 0.29) is 11.9 Å². The standard InChI is InChI=1S/C24H30O4/c1-19(28-23-8-3-2-4-9-23)18-25-22-12-10-20(11-13-22)17-21-7-5-6-14-24(21)26-15-16-27-24/h2-4,8-13,19,21H,5-7,14-18H2,1H3/t19-,21+/m0/s1. The molecule has 28 heavy (non-hydrogen) atoms. The van der Waals surface area contributed by atoms with E-state index < -0.39 is 0 Å². The first-order valence-corrected chi connectivity index (χ1v) is 10.4. The van der Waals surface area contributed by atoms with Gasteiger partial charge in [-0.05, 0) is 56.0 Å². The van der Waals surface area contributed by atoms with Crippen molar-refractivity contribution in [1.82, 2.24) is 0 Å². The quantitative estimate of drug-likeness (QED) is 0.675. The monoisotopic (exact) mass is 382 g/mol. The minimum Gasteiger partial charge on any atom is -0.490 e. The molecule has 0 bridgehead atoms. The lowest BCUT2D eigenvalue weighted by Crippen LogP contribution is -2.42. The summed E-state index contributed by atoms with van der Waals surface area (Å²) >= 11 is 0. The van der Waals surface area contributed by atoms with Crippen LogP contribution in [0.4, 0.5) is 0 Å². The molecule has 1 heterocycles. The summed E-state index contributed by atoms with van der Waals surface area (Å²) in [6.45, 7) is 3.99. The van der Waals surface area contributed by atoms with Gasteiger partial charge in [0.15, 0.2) is 5.79 Å². The van der Waals surface area contributed by atoms with Gasteiger partial charge in [0.25, 0.3) is 0 Å². The fourth-order valence-electron chi connectivity index (χ4n) is 4.28. The van der Waals surface area contributed by atoms with E-state index in [2.05, 4.69) is 24.3 Å². The first-order chi connectivity index (χ1) is 13.7. The lowest BCUT2D eigenvalue weighted by Gasteiger charge is -2.39. The second kappa shape index (κ2) is 8.97. The molecule has 2 aliphatic rings. The zero-order valence-corrected chi connectivity index (χ0v) is 16.6. The highest BCUT2D eigenvalue weighted by Gasteiger charge is 2.45. The highest BCUT2D eigenvalue weighted by Crippen LogP contribution is 2.42. The Morgan fingerprint density at radius 2 is 1.71 bits per heavy atom. The largest absolute Gasteiger partial charge is 0.490 e. The molecule has 0 N–H and O–H groups in total. The van der Waals surface area contributed by atoms with Crippen LogP contribution in [0.5, 0.6) is 11.5 Å². The predicted octanol–water partition coefficient (Wildman–Crippen LogP) is 5.01. The van der Waals surface area contributed by atoms with Crippen molar-refractivity contribution in [3.63, 3.8) is 0 Å². The molecule has 2 fully saturated rings. The molecule has 2 atom stereocenters. The van der Waals surface area contributed by atoms with Crippen LogP contribution in [0.3, 0.4) is 0 Å². The van der Waals surface area contributed by atoms with Gasteiger partial charge in [-0.15, -0.1) is 0 Å². The summed E-state index contributed by atoms with van der Waals surface area (Å²) in [4.78, 5) is 0. The molecule has 2 aromatic carbocycles. The summed E-state index contributed by atoms with van der Waals surface area (Å²) in [5, 5.41) is 0. The minimum absolute atomic E-state index is 0.0131. The molecule has 2 aromatic rings. The van der Waals surface area contributed by atoms with Crippen LogP contribution in [-0.4, -0.2) is 31.7 Å². The molecule has 0 amide bonds. The maximum Gasteiger partial charge on any atom is 0.171 e. The van der Waals surface area contributed by atoms with Gasteiger partial charge in [0.1, 0.15) is 24.2 Å². The summed E-state index contributed by atoms with van der Waals surface area (Å²) < 4.78 is 23.9. The van der Waals surface area contributed by atoms with Gasteiger partial charge in [0.2, 0.25) is 0 Å². The van der Waals surface area contributed by atoms with Crippen molar-refractivity contribution in [3.05, 3.63) is 60.2 Å². The van der Waals surface area contributed by atoms with E-state index in [1.54, 1.807) is 0 Å². The lowest BCUT2D eigenvalue weighted by molar-refractivity contribution is -0.212. The molecule has 1 aliphatic carbocycles. The van der Waals surface area contributed by atoms with Crippen LogP contribution in [0.15, 0.2) is 54.6 Å². The molecule has 150 valence electrons. The van der Waals surface area contributed by atoms with Crippen molar-refractivity contribution in [2.24, 2.45) is 5.92 Å². The zero-order chi connectivity index (χ0) is 19.2. The van der Waals surface area contributed by atoms with Gasteiger partial charge in [0.05, 0.1) is 13.2 Å². The van der Waals surface area contributed by atoms with Gasteiger partial charge in [0, 0.05) is 12.3 Å². The summed E-state index contributed by atoms with van der Waals surface area (Å²) in [5.41, 5.74) is 1.31. The Kier molecular flexibility index (Phi) is 6.18. The molecule has 4 heteroatoms. The Morgan fingerprint density at radius 3 is 2.46 bits per heavy atom. The number of hydrogen-bond acceptors (Lipinski definition) is 4. The first kappa shape index (κ1) is 19.3. The highest BCUT2D eigenvalue weighted by atomic mass is 16.7. The van der Waals surface area contributed by atoms with Crippen molar-refractivity contribution >= 4 is 0 Å². The molecule has 4 nitrogen and oxygen atoms in total. The fourth-order valence-corrected chi connectivity index (χ4v) is 4.28. The van der Waals surface area contributed by atoms with Crippen LogP contribution in [0, 0.1) is 5.92 Å². The van der Waals surface area contributed by atoms with Crippen LogP contribution in [0.2, 0.25) is 0 Å². The molecule has 1 spiro atoms. The number of para-hydroxylation sites is 1. The van der Waals surface area contributed by atoms with Crippen molar-refractivity contribution < 1.29 is 18.9 Å². The minimum atomic E-state index is -0.336. The summed E-state index contributed by atoms with van der Waals surface area (Å²) in [7, 11) is 0. The topological polar surface area (TPSA) is 36.9 Å². The molecule has 0 aromatic heterocycles. The van der Waals surface area contributed by atoms with Crippen LogP contribution < -0.4 is 9.47 Å². The first-order valence-electron chi connectivity index (χ1n) is 10.4. The molecular formula is C24H30O4. The van der Waals surface area contributed by atoms with Crippen molar-refractivity contribution in [1.29, 1.82) is 0 Å². The Labute approximate surface area is 167 Å². The molecular weight excluding hydrogens is 352 g/mol. The molecule has 0 unspecified atom stereocenters. The van der Waals surface area contributed by atoms with Crippen LogP contribution >= 0.6 is 0 Å². The van der Waals surface area contributed by atoms with Crippen LogP contribution in [0.25, 0.3) is 0 Å². The highest BCUT2D eigenvalue weighted by molar-refractivity contribution is 5.28. The fraction of sp³-hybridized carbons (Fsp3) is 0.500. The Hall–Kier alpha value is -2.04. The van der Waals surface area contributed by atoms with Crippen LogP contribution in [0.1, 0.15) is 38.2 Å². The van der Waals surface area contributed by atoms with Gasteiger partial charge in [-0.2, -0.15) is 0 Å². The molecule has 0 radical (unpaired) electrons. The van der Waals surface area contributed by atoms with E-state index in [9.17, 15) is 0 Å². The van der Waals surface area contributed by atoms with Gasteiger partial charge in [-0.3, -0.25) is 0 Å². The predicted molar refractivity (Wildman–Crippen MR) is 109 cm³/mol. The van der Waals surface area contributed by atoms with Crippen molar-refractivity contribution in [2.75, 3.05) is 19.8 Å². The Balaban J connectivity index is 1.29. The van der Waals surface area contributed by atoms with Crippen LogP contribution in [-0.2, 0) is 15.9 Å². The maximum absolute atomic E-state index is 6.04. The average Bonchev–Trinajstić information content (AvgIpc) is 3.19. The van der Waals surface area contributed by atoms with Crippen molar-refractivity contribution in [2.45, 2.75) is 50.9 Å². The molecule has 1 saturated carbocycles. The van der Waals surface area contributed by atoms with E-state index >= 15 is 0 Å². The normalized spacial score (nSPS) is 22.1. The van der Waals surface area contributed by atoms with Crippen molar-refractivity contribution in [3.8, 4) is 11.5 Å². The summed E-state index contributed by atoms with van der Waals surface area (Å²) in [6, 6.07) is 18.3. The number of hydrogen-bond donors (Lipinski definition) is 0. The number of benzene rings is 2. The average molecular weight is 382 g/mol. The van der Waals surface area contributed by atoms with E-state index in [0.717, 1.165) is 37.6 Å². The van der Waals surface area contributed by atoms with E-state index in [1.165, 1.54) is 24.8 Å². The molecule has 1 aliphatic heterocycles. The van der Waals surface area contributed by atoms with Gasteiger partial charge in [-0.25, -0.2) is 0 Å². The summed E-state index contributed by atoms with van der Waals surface area (Å²) in [5.74, 6) is 1.85. The third kappa shape index (κ3) is 4.68. The van der Waals surface area contributed by atoms with Gasteiger partial charge in [-0.1, -0.05) is 36.8 Å². The lowest BCUT2D eigenvalue weighted by atomic mass is 9.79. The van der Waals surface area contributed by atoms with E-state index in [1.807, 2.05) is 37.3 Å². The van der Waals surface area contributed by atoms with E-state index in [4.69, 9.17) is 18.9 Å². The SMILES string of the molecule is C[C@@H](COc1ccc(C[C@H]2CCCCC23OCCO3)cc1)Oc1ccccc1. The van der Waals surface area contributed by atoms with E-state index in [0.29, 0.717) is 12.5 Å². The third-order valence-electron chi connectivity index (χ3n) is 5.70. The Bertz CT molecular complexity index is 722. The van der Waals surface area contributed by atoms with Gasteiger partial charge >= 0.3 is 0 Å². The molecule has 4 rings (SSSR count). The third-order valence-corrected chi connectivity index (χ3v) is 5.70. The van der Waals surface area contributed by atoms with Gasteiger partial charge < -0.3 is 18.9 Å². The second-order valence-electron chi connectivity index (χ2n) is 7.85. The number of ether oxygens (including phenoxy) is 4. The zero-order valence-electron chi connectivity index (χ0n) is 16.6. The molecule has 1 saturated heterocycles. The number of rotatable bonds is 7.